The van der Waals surface area contributed by atoms with E-state index in [2.05, 4.69) is 20.8 Å². The molecule has 0 N–H and O–H groups in total. The van der Waals surface area contributed by atoms with Crippen LogP contribution in [0.2, 0.25) is 0 Å². The van der Waals surface area contributed by atoms with Crippen LogP contribution < -0.4 is 0 Å². The predicted molar refractivity (Wildman–Crippen MR) is 65.2 cm³/mol. The Morgan fingerprint density at radius 3 is 2.56 bits per heavy atom. The zero-order valence-corrected chi connectivity index (χ0v) is 11.2. The molecule has 0 spiro atoms. The van der Waals surface area contributed by atoms with Crippen LogP contribution in [0, 0.1) is 17.8 Å². The van der Waals surface area contributed by atoms with Gasteiger partial charge in [0.1, 0.15) is 0 Å². The Bertz CT molecular complexity index is 240. The van der Waals surface area contributed by atoms with Crippen molar-refractivity contribution in [3.8, 4) is 0 Å². The average Bonchev–Trinajstić information content (AvgIpc) is 2.58. The molecule has 94 valence electrons. The summed E-state index contributed by atoms with van der Waals surface area (Å²) in [6, 6.07) is 0.369. The molecular formula is C13H25NO2. The van der Waals surface area contributed by atoms with Crippen LogP contribution in [0.3, 0.4) is 0 Å². The van der Waals surface area contributed by atoms with Gasteiger partial charge in [0.05, 0.1) is 6.61 Å². The van der Waals surface area contributed by atoms with E-state index in [-0.39, 0.29) is 5.92 Å². The van der Waals surface area contributed by atoms with E-state index in [0.29, 0.717) is 23.8 Å². The van der Waals surface area contributed by atoms with E-state index in [0.717, 1.165) is 19.6 Å². The number of methoxy groups -OCH3 is 1. The molecule has 2 unspecified atom stereocenters. The molecule has 1 rings (SSSR count). The van der Waals surface area contributed by atoms with Gasteiger partial charge in [-0.2, -0.15) is 0 Å². The number of amides is 1. The molecule has 0 saturated carbocycles. The first kappa shape index (κ1) is 13.5. The highest BCUT2D eigenvalue weighted by molar-refractivity contribution is 5.79. The van der Waals surface area contributed by atoms with Crippen molar-refractivity contribution in [1.82, 2.24) is 4.90 Å². The smallest absolute Gasteiger partial charge is 0.225 e. The Hall–Kier alpha value is -0.570. The van der Waals surface area contributed by atoms with Crippen LogP contribution in [0.25, 0.3) is 0 Å². The van der Waals surface area contributed by atoms with Gasteiger partial charge in [0, 0.05) is 31.5 Å². The van der Waals surface area contributed by atoms with Crippen molar-refractivity contribution in [3.05, 3.63) is 0 Å². The fourth-order valence-corrected chi connectivity index (χ4v) is 2.35. The number of carbonyl (C=O) groups is 1. The van der Waals surface area contributed by atoms with Gasteiger partial charge in [-0.1, -0.05) is 20.8 Å². The van der Waals surface area contributed by atoms with Crippen LogP contribution in [0.1, 0.15) is 34.1 Å². The van der Waals surface area contributed by atoms with Crippen molar-refractivity contribution in [2.75, 3.05) is 20.3 Å². The van der Waals surface area contributed by atoms with E-state index in [1.165, 1.54) is 0 Å². The summed E-state index contributed by atoms with van der Waals surface area (Å²) >= 11 is 0. The third kappa shape index (κ3) is 2.97. The van der Waals surface area contributed by atoms with Crippen molar-refractivity contribution in [3.63, 3.8) is 0 Å². The number of likely N-dealkylation sites (tertiary alicyclic amines) is 1. The molecule has 3 nitrogen and oxygen atoms in total. The number of hydrogen-bond donors (Lipinski definition) is 0. The summed E-state index contributed by atoms with van der Waals surface area (Å²) in [4.78, 5) is 14.3. The summed E-state index contributed by atoms with van der Waals surface area (Å²) in [6.45, 7) is 10.0. The van der Waals surface area contributed by atoms with Crippen LogP contribution >= 0.6 is 0 Å². The van der Waals surface area contributed by atoms with Gasteiger partial charge < -0.3 is 9.64 Å². The number of rotatable bonds is 4. The molecule has 1 aliphatic rings. The average molecular weight is 227 g/mol. The molecule has 0 aliphatic carbocycles. The molecule has 0 aromatic carbocycles. The maximum absolute atomic E-state index is 12.2. The lowest BCUT2D eigenvalue weighted by Crippen LogP contribution is -2.39. The monoisotopic (exact) mass is 227 g/mol. The predicted octanol–water partition coefficient (Wildman–Crippen LogP) is 2.16. The highest BCUT2D eigenvalue weighted by atomic mass is 16.5. The Morgan fingerprint density at radius 2 is 2.06 bits per heavy atom. The zero-order valence-electron chi connectivity index (χ0n) is 11.2. The molecule has 1 saturated heterocycles. The van der Waals surface area contributed by atoms with Crippen LogP contribution in [0.5, 0.6) is 0 Å². The van der Waals surface area contributed by atoms with Crippen LogP contribution in [0.4, 0.5) is 0 Å². The van der Waals surface area contributed by atoms with Crippen molar-refractivity contribution < 1.29 is 9.53 Å². The number of carbonyl (C=O) groups excluding carboxylic acids is 1. The molecule has 3 atom stereocenters. The molecule has 3 heteroatoms. The maximum Gasteiger partial charge on any atom is 0.225 e. The molecular weight excluding hydrogens is 202 g/mol. The Balaban J connectivity index is 2.57. The largest absolute Gasteiger partial charge is 0.384 e. The highest BCUT2D eigenvalue weighted by Crippen LogP contribution is 2.26. The lowest BCUT2D eigenvalue weighted by molar-refractivity contribution is -0.137. The third-order valence-electron chi connectivity index (χ3n) is 3.74. The zero-order chi connectivity index (χ0) is 12.3. The summed E-state index contributed by atoms with van der Waals surface area (Å²) in [5.41, 5.74) is 0. The minimum absolute atomic E-state index is 0.128. The van der Waals surface area contributed by atoms with Gasteiger partial charge in [-0.3, -0.25) is 4.79 Å². The SMILES string of the molecule is COCC1C[C@@H](C)N(C(=O)C(C)C(C)C)C1. The first-order valence-electron chi connectivity index (χ1n) is 6.26. The van der Waals surface area contributed by atoms with Crippen molar-refractivity contribution >= 4 is 5.91 Å². The van der Waals surface area contributed by atoms with E-state index < -0.39 is 0 Å². The van der Waals surface area contributed by atoms with Crippen LogP contribution in [0.15, 0.2) is 0 Å². The van der Waals surface area contributed by atoms with Crippen molar-refractivity contribution in [1.29, 1.82) is 0 Å². The lowest BCUT2D eigenvalue weighted by atomic mass is 9.96. The first-order valence-corrected chi connectivity index (χ1v) is 6.26. The standard InChI is InChI=1S/C13H25NO2/c1-9(2)11(4)13(15)14-7-12(8-16-5)6-10(14)3/h9-12H,6-8H2,1-5H3/t10-,11?,12?/m1/s1. The number of ether oxygens (including phenoxy) is 1. The maximum atomic E-state index is 12.2. The van der Waals surface area contributed by atoms with Gasteiger partial charge in [-0.25, -0.2) is 0 Å². The molecule has 0 radical (unpaired) electrons. The summed E-state index contributed by atoms with van der Waals surface area (Å²) in [5, 5.41) is 0. The van der Waals surface area contributed by atoms with Gasteiger partial charge >= 0.3 is 0 Å². The minimum atomic E-state index is 0.128. The third-order valence-corrected chi connectivity index (χ3v) is 3.74. The van der Waals surface area contributed by atoms with E-state index >= 15 is 0 Å². The van der Waals surface area contributed by atoms with Crippen LogP contribution in [-0.2, 0) is 9.53 Å². The second kappa shape index (κ2) is 5.67. The fraction of sp³-hybridized carbons (Fsp3) is 0.923. The van der Waals surface area contributed by atoms with Crippen LogP contribution in [-0.4, -0.2) is 37.1 Å². The Labute approximate surface area is 99.1 Å². The molecule has 1 amide bonds. The summed E-state index contributed by atoms with van der Waals surface area (Å²) in [5.74, 6) is 1.37. The second-order valence-corrected chi connectivity index (χ2v) is 5.43. The van der Waals surface area contributed by atoms with Gasteiger partial charge in [-0.05, 0) is 19.3 Å². The van der Waals surface area contributed by atoms with Gasteiger partial charge in [-0.15, -0.1) is 0 Å². The van der Waals surface area contributed by atoms with Gasteiger partial charge in [0.15, 0.2) is 0 Å². The molecule has 1 heterocycles. The van der Waals surface area contributed by atoms with Gasteiger partial charge in [0.2, 0.25) is 5.91 Å². The quantitative estimate of drug-likeness (QED) is 0.736. The first-order chi connectivity index (χ1) is 7.47. The lowest BCUT2D eigenvalue weighted by Gasteiger charge is -2.26. The second-order valence-electron chi connectivity index (χ2n) is 5.43. The summed E-state index contributed by atoms with van der Waals surface area (Å²) in [6.07, 6.45) is 1.07. The number of nitrogens with zero attached hydrogens (tertiary/aromatic N) is 1. The fourth-order valence-electron chi connectivity index (χ4n) is 2.35. The molecule has 0 aromatic heterocycles. The van der Waals surface area contributed by atoms with E-state index in [1.54, 1.807) is 7.11 Å². The molecule has 16 heavy (non-hydrogen) atoms. The Morgan fingerprint density at radius 1 is 1.44 bits per heavy atom. The summed E-state index contributed by atoms with van der Waals surface area (Å²) in [7, 11) is 1.73. The molecule has 0 bridgehead atoms. The normalized spacial score (nSPS) is 27.5. The van der Waals surface area contributed by atoms with E-state index in [4.69, 9.17) is 4.74 Å². The summed E-state index contributed by atoms with van der Waals surface area (Å²) < 4.78 is 5.17. The highest BCUT2D eigenvalue weighted by Gasteiger charge is 2.34. The Kier molecular flexibility index (Phi) is 4.78. The van der Waals surface area contributed by atoms with Crippen molar-refractivity contribution in [2.45, 2.75) is 40.2 Å². The molecule has 0 aromatic rings. The topological polar surface area (TPSA) is 29.5 Å². The molecule has 1 fully saturated rings. The number of hydrogen-bond acceptors (Lipinski definition) is 2. The molecule has 1 aliphatic heterocycles. The van der Waals surface area contributed by atoms with Crippen molar-refractivity contribution in [2.24, 2.45) is 17.8 Å². The minimum Gasteiger partial charge on any atom is -0.384 e. The van der Waals surface area contributed by atoms with Gasteiger partial charge in [0.25, 0.3) is 0 Å². The van der Waals surface area contributed by atoms with E-state index in [9.17, 15) is 4.79 Å². The van der Waals surface area contributed by atoms with E-state index in [1.807, 2.05) is 11.8 Å².